The summed E-state index contributed by atoms with van der Waals surface area (Å²) in [6, 6.07) is 0.473. The molecule has 5 heteroatoms. The first kappa shape index (κ1) is 13.6. The Morgan fingerprint density at radius 2 is 2.19 bits per heavy atom. The van der Waals surface area contributed by atoms with Gasteiger partial charge >= 0.3 is 0 Å². The minimum atomic E-state index is 0.473. The maximum atomic E-state index is 5.79. The highest BCUT2D eigenvalue weighted by Crippen LogP contribution is 2.35. The highest BCUT2D eigenvalue weighted by atomic mass is 32.2. The van der Waals surface area contributed by atoms with Gasteiger partial charge < -0.3 is 11.1 Å². The minimum absolute atomic E-state index is 0.473. The molecule has 2 unspecified atom stereocenters. The number of rotatable bonds is 6. The average Bonchev–Trinajstić information content (AvgIpc) is 2.58. The molecule has 0 bridgehead atoms. The fourth-order valence-corrected chi connectivity index (χ4v) is 3.28. The van der Waals surface area contributed by atoms with Gasteiger partial charge in [0.1, 0.15) is 5.00 Å². The summed E-state index contributed by atoms with van der Waals surface area (Å²) in [7, 11) is 0. The molecule has 0 fully saturated rings. The zero-order chi connectivity index (χ0) is 12.1. The first-order valence-corrected chi connectivity index (χ1v) is 7.63. The van der Waals surface area contributed by atoms with Crippen LogP contribution in [0.5, 0.6) is 0 Å². The van der Waals surface area contributed by atoms with E-state index in [0.717, 1.165) is 15.8 Å². The molecule has 0 aliphatic rings. The molecule has 0 amide bonds. The van der Waals surface area contributed by atoms with Crippen molar-refractivity contribution in [1.29, 1.82) is 0 Å². The standard InChI is InChI=1S/C11H21N3S2/c1-5-7(2)6-8(3)13-11-9(15-4)10(12)14-16-11/h7-8,13H,5-6H2,1-4H3,(H2,12,14). The number of nitrogens with zero attached hydrogens (tertiary/aromatic N) is 1. The van der Waals surface area contributed by atoms with Crippen molar-refractivity contribution in [1.82, 2.24) is 4.37 Å². The number of hydrogen-bond donors (Lipinski definition) is 2. The Labute approximate surface area is 106 Å². The molecular weight excluding hydrogens is 238 g/mol. The highest BCUT2D eigenvalue weighted by Gasteiger charge is 2.13. The van der Waals surface area contributed by atoms with Crippen LogP contribution in [-0.4, -0.2) is 16.7 Å². The molecule has 1 aromatic rings. The molecule has 2 atom stereocenters. The Kier molecular flexibility index (Phi) is 5.41. The number of nitrogen functional groups attached to an aromatic ring is 1. The van der Waals surface area contributed by atoms with E-state index < -0.39 is 0 Å². The van der Waals surface area contributed by atoms with Crippen LogP contribution >= 0.6 is 23.3 Å². The summed E-state index contributed by atoms with van der Waals surface area (Å²) in [5.41, 5.74) is 5.79. The summed E-state index contributed by atoms with van der Waals surface area (Å²) < 4.78 is 4.18. The minimum Gasteiger partial charge on any atom is -0.382 e. The van der Waals surface area contributed by atoms with Crippen molar-refractivity contribution in [2.45, 2.75) is 44.6 Å². The molecule has 0 aliphatic carbocycles. The summed E-state index contributed by atoms with van der Waals surface area (Å²) in [6.45, 7) is 6.73. The lowest BCUT2D eigenvalue weighted by molar-refractivity contribution is 0.484. The van der Waals surface area contributed by atoms with Gasteiger partial charge in [0.25, 0.3) is 0 Å². The molecule has 0 spiro atoms. The van der Waals surface area contributed by atoms with E-state index in [2.05, 4.69) is 30.5 Å². The third-order valence-corrected chi connectivity index (χ3v) is 4.45. The molecule has 1 rings (SSSR count). The van der Waals surface area contributed by atoms with Gasteiger partial charge in [0.05, 0.1) is 4.90 Å². The second kappa shape index (κ2) is 6.35. The van der Waals surface area contributed by atoms with Crippen molar-refractivity contribution in [2.24, 2.45) is 5.92 Å². The maximum Gasteiger partial charge on any atom is 0.153 e. The fraction of sp³-hybridized carbons (Fsp3) is 0.727. The van der Waals surface area contributed by atoms with Gasteiger partial charge in [-0.15, -0.1) is 11.8 Å². The Balaban J connectivity index is 2.58. The van der Waals surface area contributed by atoms with E-state index in [9.17, 15) is 0 Å². The summed E-state index contributed by atoms with van der Waals surface area (Å²) in [4.78, 5) is 1.08. The molecule has 1 aromatic heterocycles. The van der Waals surface area contributed by atoms with Crippen molar-refractivity contribution in [3.8, 4) is 0 Å². The lowest BCUT2D eigenvalue weighted by Gasteiger charge is -2.17. The topological polar surface area (TPSA) is 50.9 Å². The number of nitrogens with two attached hydrogens (primary N) is 1. The van der Waals surface area contributed by atoms with E-state index >= 15 is 0 Å². The zero-order valence-electron chi connectivity index (χ0n) is 10.4. The molecule has 3 N–H and O–H groups in total. The van der Waals surface area contributed by atoms with Crippen LogP contribution in [-0.2, 0) is 0 Å². The molecule has 0 radical (unpaired) electrons. The van der Waals surface area contributed by atoms with Gasteiger partial charge in [-0.05, 0) is 37.1 Å². The van der Waals surface area contributed by atoms with Gasteiger partial charge in [-0.25, -0.2) is 0 Å². The maximum absolute atomic E-state index is 5.79. The third kappa shape index (κ3) is 3.56. The first-order chi connectivity index (χ1) is 7.58. The van der Waals surface area contributed by atoms with Crippen LogP contribution in [0, 0.1) is 5.92 Å². The van der Waals surface area contributed by atoms with Gasteiger partial charge in [-0.1, -0.05) is 20.3 Å². The Morgan fingerprint density at radius 3 is 2.75 bits per heavy atom. The molecule has 16 heavy (non-hydrogen) atoms. The number of nitrogens with one attached hydrogen (secondary N) is 1. The van der Waals surface area contributed by atoms with Crippen LogP contribution in [0.25, 0.3) is 0 Å². The molecule has 92 valence electrons. The summed E-state index contributed by atoms with van der Waals surface area (Å²) >= 11 is 3.11. The predicted molar refractivity (Wildman–Crippen MR) is 75.5 cm³/mol. The molecule has 0 aromatic carbocycles. The number of hydrogen-bond acceptors (Lipinski definition) is 5. The fourth-order valence-electron chi connectivity index (χ4n) is 1.64. The Bertz CT molecular complexity index is 325. The van der Waals surface area contributed by atoms with Gasteiger partial charge in [-0.2, -0.15) is 4.37 Å². The van der Waals surface area contributed by atoms with E-state index in [1.54, 1.807) is 11.8 Å². The van der Waals surface area contributed by atoms with Crippen LogP contribution in [0.4, 0.5) is 10.8 Å². The first-order valence-electron chi connectivity index (χ1n) is 5.64. The highest BCUT2D eigenvalue weighted by molar-refractivity contribution is 7.99. The van der Waals surface area contributed by atoms with Crippen molar-refractivity contribution in [3.63, 3.8) is 0 Å². The van der Waals surface area contributed by atoms with Crippen molar-refractivity contribution in [3.05, 3.63) is 0 Å². The normalized spacial score (nSPS) is 14.8. The van der Waals surface area contributed by atoms with Gasteiger partial charge in [0.15, 0.2) is 5.82 Å². The van der Waals surface area contributed by atoms with E-state index in [4.69, 9.17) is 5.73 Å². The summed E-state index contributed by atoms with van der Waals surface area (Å²) in [5, 5.41) is 4.61. The van der Waals surface area contributed by atoms with Crippen LogP contribution in [0.15, 0.2) is 4.90 Å². The van der Waals surface area contributed by atoms with Crippen LogP contribution < -0.4 is 11.1 Å². The monoisotopic (exact) mass is 259 g/mol. The second-order valence-electron chi connectivity index (χ2n) is 4.22. The van der Waals surface area contributed by atoms with E-state index in [0.29, 0.717) is 11.9 Å². The number of anilines is 2. The van der Waals surface area contributed by atoms with Crippen LogP contribution in [0.2, 0.25) is 0 Å². The zero-order valence-corrected chi connectivity index (χ0v) is 12.0. The van der Waals surface area contributed by atoms with Crippen molar-refractivity contribution < 1.29 is 0 Å². The van der Waals surface area contributed by atoms with E-state index in [1.807, 2.05) is 6.26 Å². The lowest BCUT2D eigenvalue weighted by atomic mass is 10.0. The molecule has 0 saturated heterocycles. The Morgan fingerprint density at radius 1 is 1.50 bits per heavy atom. The van der Waals surface area contributed by atoms with Crippen molar-refractivity contribution in [2.75, 3.05) is 17.3 Å². The van der Waals surface area contributed by atoms with E-state index in [-0.39, 0.29) is 0 Å². The summed E-state index contributed by atoms with van der Waals surface area (Å²) in [6.07, 6.45) is 4.44. The third-order valence-electron chi connectivity index (χ3n) is 2.71. The Hall–Kier alpha value is -0.420. The molecule has 0 aliphatic heterocycles. The molecular formula is C11H21N3S2. The largest absolute Gasteiger partial charge is 0.382 e. The predicted octanol–water partition coefficient (Wildman–Crippen LogP) is 3.68. The second-order valence-corrected chi connectivity index (χ2v) is 5.81. The number of aromatic nitrogens is 1. The van der Waals surface area contributed by atoms with Gasteiger partial charge in [0, 0.05) is 6.04 Å². The van der Waals surface area contributed by atoms with Crippen LogP contribution in [0.1, 0.15) is 33.6 Å². The number of thioether (sulfide) groups is 1. The lowest BCUT2D eigenvalue weighted by Crippen LogP contribution is -2.17. The van der Waals surface area contributed by atoms with Crippen LogP contribution in [0.3, 0.4) is 0 Å². The van der Waals surface area contributed by atoms with Gasteiger partial charge in [-0.3, -0.25) is 0 Å². The smallest absolute Gasteiger partial charge is 0.153 e. The quantitative estimate of drug-likeness (QED) is 0.765. The van der Waals surface area contributed by atoms with Crippen molar-refractivity contribution >= 4 is 34.1 Å². The SMILES string of the molecule is CCC(C)CC(C)Nc1snc(N)c1SC. The average molecular weight is 259 g/mol. The van der Waals surface area contributed by atoms with E-state index in [1.165, 1.54) is 24.4 Å². The molecule has 3 nitrogen and oxygen atoms in total. The molecule has 0 saturated carbocycles. The van der Waals surface area contributed by atoms with Gasteiger partial charge in [0.2, 0.25) is 0 Å². The summed E-state index contributed by atoms with van der Waals surface area (Å²) in [5.74, 6) is 1.40. The molecule has 1 heterocycles.